The quantitative estimate of drug-likeness (QED) is 0.260. The van der Waals surface area contributed by atoms with E-state index < -0.39 is 0 Å². The van der Waals surface area contributed by atoms with Gasteiger partial charge in [-0.05, 0) is 6.42 Å². The minimum absolute atomic E-state index is 0. The van der Waals surface area contributed by atoms with Gasteiger partial charge in [-0.25, -0.2) is 0 Å². The van der Waals surface area contributed by atoms with Crippen LogP contribution in [0.3, 0.4) is 0 Å². The van der Waals surface area contributed by atoms with Crippen LogP contribution in [0.5, 0.6) is 0 Å². The molecule has 0 atom stereocenters. The molecule has 0 rings (SSSR count). The van der Waals surface area contributed by atoms with Gasteiger partial charge in [-0.3, -0.25) is 5.43 Å². The third-order valence-electron chi connectivity index (χ3n) is 0.490. The summed E-state index contributed by atoms with van der Waals surface area (Å²) >= 11 is 0. The first kappa shape index (κ1) is 10.5. The van der Waals surface area contributed by atoms with Crippen molar-refractivity contribution in [3.63, 3.8) is 0 Å². The second-order valence-electron chi connectivity index (χ2n) is 1.12. The van der Waals surface area contributed by atoms with Crippen molar-refractivity contribution in [1.29, 1.82) is 0 Å². The van der Waals surface area contributed by atoms with Gasteiger partial charge in [-0.1, -0.05) is 17.4 Å². The lowest BCUT2D eigenvalue weighted by molar-refractivity contribution is 0.663. The van der Waals surface area contributed by atoms with Gasteiger partial charge in [0, 0.05) is 6.54 Å². The van der Waals surface area contributed by atoms with Crippen LogP contribution in [-0.2, 0) is 0 Å². The van der Waals surface area contributed by atoms with Crippen molar-refractivity contribution in [2.24, 2.45) is 16.3 Å². The molecule has 8 heavy (non-hydrogen) atoms. The Balaban J connectivity index is 0. The van der Waals surface area contributed by atoms with Gasteiger partial charge in [-0.15, -0.1) is 12.4 Å². The predicted octanol–water partition coefficient (Wildman–Crippen LogP) is 0.649. The summed E-state index contributed by atoms with van der Waals surface area (Å²) in [4.78, 5) is 0. The fourth-order valence-electron chi connectivity index (χ4n) is 0.203. The summed E-state index contributed by atoms with van der Waals surface area (Å²) in [6, 6.07) is 0. The molecule has 4 nitrogen and oxygen atoms in total. The van der Waals surface area contributed by atoms with Gasteiger partial charge >= 0.3 is 0 Å². The lowest BCUT2D eigenvalue weighted by atomic mass is 10.5. The van der Waals surface area contributed by atoms with Crippen molar-refractivity contribution in [2.45, 2.75) is 13.3 Å². The summed E-state index contributed by atoms with van der Waals surface area (Å²) in [5, 5.41) is 6.30. The van der Waals surface area contributed by atoms with Gasteiger partial charge in [0.25, 0.3) is 0 Å². The summed E-state index contributed by atoms with van der Waals surface area (Å²) < 4.78 is 0. The van der Waals surface area contributed by atoms with Crippen LogP contribution in [-0.4, -0.2) is 6.54 Å². The molecule has 0 saturated carbocycles. The molecule has 0 aliphatic rings. The second-order valence-corrected chi connectivity index (χ2v) is 1.12. The number of hydrogen-bond donors (Lipinski definition) is 2. The van der Waals surface area contributed by atoms with Gasteiger partial charge in [0.2, 0.25) is 0 Å². The van der Waals surface area contributed by atoms with Crippen LogP contribution >= 0.6 is 12.4 Å². The summed E-state index contributed by atoms with van der Waals surface area (Å²) in [5.74, 6) is 4.67. The number of nitrogens with two attached hydrogens (primary N) is 1. The van der Waals surface area contributed by atoms with Crippen LogP contribution < -0.4 is 11.3 Å². The minimum Gasteiger partial charge on any atom is -0.303 e. The normalized spacial score (nSPS) is 8.62. The first-order valence-electron chi connectivity index (χ1n) is 2.24. The number of nitrogens with one attached hydrogen (secondary N) is 1. The van der Waals surface area contributed by atoms with Crippen molar-refractivity contribution < 1.29 is 0 Å². The second kappa shape index (κ2) is 9.70. The van der Waals surface area contributed by atoms with E-state index in [0.29, 0.717) is 0 Å². The molecule has 0 aliphatic carbocycles. The Morgan fingerprint density at radius 1 is 1.62 bits per heavy atom. The molecule has 0 aromatic heterocycles. The summed E-state index contributed by atoms with van der Waals surface area (Å²) in [6.45, 7) is 2.87. The molecular weight excluding hydrogens is 128 g/mol. The van der Waals surface area contributed by atoms with Crippen LogP contribution in [0.2, 0.25) is 0 Å². The van der Waals surface area contributed by atoms with E-state index in [9.17, 15) is 0 Å². The molecule has 0 bridgehead atoms. The van der Waals surface area contributed by atoms with Gasteiger partial charge < -0.3 is 5.84 Å². The zero-order valence-corrected chi connectivity index (χ0v) is 5.61. The molecule has 3 N–H and O–H groups in total. The number of rotatable bonds is 3. The summed E-state index contributed by atoms with van der Waals surface area (Å²) in [6.07, 6.45) is 1.04. The molecule has 0 aliphatic heterocycles. The van der Waals surface area contributed by atoms with Crippen LogP contribution in [0.4, 0.5) is 0 Å². The van der Waals surface area contributed by atoms with Gasteiger partial charge in [-0.2, -0.15) is 0 Å². The highest BCUT2D eigenvalue weighted by Crippen LogP contribution is 1.67. The van der Waals surface area contributed by atoms with Gasteiger partial charge in [0.05, 0.1) is 0 Å². The Labute approximate surface area is 54.9 Å². The lowest BCUT2D eigenvalue weighted by Gasteiger charge is -1.88. The van der Waals surface area contributed by atoms with E-state index in [0.717, 1.165) is 13.0 Å². The maximum Gasteiger partial charge on any atom is 0.0344 e. The third-order valence-corrected chi connectivity index (χ3v) is 0.490. The molecule has 0 saturated heterocycles. The molecule has 0 amide bonds. The van der Waals surface area contributed by atoms with Crippen molar-refractivity contribution in [1.82, 2.24) is 5.43 Å². The van der Waals surface area contributed by atoms with E-state index in [1.807, 2.05) is 6.92 Å². The molecule has 0 fully saturated rings. The van der Waals surface area contributed by atoms with Crippen molar-refractivity contribution in [3.05, 3.63) is 0 Å². The maximum absolute atomic E-state index is 4.67. The summed E-state index contributed by atoms with van der Waals surface area (Å²) in [5.41, 5.74) is 2.62. The molecular formula is C3H11ClN4. The Bertz CT molecular complexity index is 55.2. The molecule has 0 radical (unpaired) electrons. The highest BCUT2D eigenvalue weighted by atomic mass is 35.5. The van der Waals surface area contributed by atoms with E-state index in [1.165, 1.54) is 0 Å². The Morgan fingerprint density at radius 2 is 2.25 bits per heavy atom. The smallest absolute Gasteiger partial charge is 0.0344 e. The first-order valence-corrected chi connectivity index (χ1v) is 2.24. The largest absolute Gasteiger partial charge is 0.303 e. The van der Waals surface area contributed by atoms with Crippen LogP contribution in [0.1, 0.15) is 13.3 Å². The molecule has 0 aromatic carbocycles. The monoisotopic (exact) mass is 138 g/mol. The van der Waals surface area contributed by atoms with Crippen molar-refractivity contribution in [3.8, 4) is 0 Å². The molecule has 0 heterocycles. The van der Waals surface area contributed by atoms with E-state index in [2.05, 4.69) is 21.7 Å². The summed E-state index contributed by atoms with van der Waals surface area (Å²) in [7, 11) is 0. The maximum atomic E-state index is 4.67. The molecule has 0 unspecified atom stereocenters. The topological polar surface area (TPSA) is 62.8 Å². The first-order chi connectivity index (χ1) is 3.41. The van der Waals surface area contributed by atoms with E-state index in [4.69, 9.17) is 0 Å². The van der Waals surface area contributed by atoms with Gasteiger partial charge in [0.15, 0.2) is 0 Å². The molecule has 0 spiro atoms. The van der Waals surface area contributed by atoms with Crippen molar-refractivity contribution in [2.75, 3.05) is 6.54 Å². The highest BCUT2D eigenvalue weighted by molar-refractivity contribution is 5.85. The Hall–Kier alpha value is -0.510. The molecule has 5 heteroatoms. The van der Waals surface area contributed by atoms with E-state index in [1.54, 1.807) is 0 Å². The Kier molecular flexibility index (Phi) is 12.7. The zero-order valence-electron chi connectivity index (χ0n) is 4.79. The average Bonchev–Trinajstić information content (AvgIpc) is 1.69. The lowest BCUT2D eigenvalue weighted by Crippen LogP contribution is -2.05. The zero-order chi connectivity index (χ0) is 5.54. The van der Waals surface area contributed by atoms with Gasteiger partial charge in [0.1, 0.15) is 0 Å². The third kappa shape index (κ3) is 9.09. The van der Waals surface area contributed by atoms with E-state index in [-0.39, 0.29) is 12.4 Å². The van der Waals surface area contributed by atoms with Crippen LogP contribution in [0, 0.1) is 0 Å². The standard InChI is InChI=1S/C3H10N4.ClH/c1-2-3-5-7-6-4;/h2-3H2,1H3,(H2,4,7)(H,5,6);1H. The molecule has 50 valence electrons. The number of hydrogen-bond acceptors (Lipinski definition) is 2. The van der Waals surface area contributed by atoms with Crippen LogP contribution in [0.25, 0.3) is 0 Å². The Morgan fingerprint density at radius 3 is 2.62 bits per heavy atom. The van der Waals surface area contributed by atoms with Crippen molar-refractivity contribution >= 4 is 12.4 Å². The predicted molar refractivity (Wildman–Crippen MR) is 34.6 cm³/mol. The highest BCUT2D eigenvalue weighted by Gasteiger charge is 1.70. The SMILES string of the molecule is CCCN/N=N/N.Cl. The average molecular weight is 139 g/mol. The molecule has 0 aromatic rings. The van der Waals surface area contributed by atoms with Crippen LogP contribution in [0.15, 0.2) is 10.4 Å². The minimum atomic E-state index is 0. The number of halogens is 1. The van der Waals surface area contributed by atoms with E-state index >= 15 is 0 Å². The fraction of sp³-hybridized carbons (Fsp3) is 1.00. The number of nitrogens with zero attached hydrogens (tertiary/aromatic N) is 2. The fourth-order valence-corrected chi connectivity index (χ4v) is 0.203.